The second-order valence-corrected chi connectivity index (χ2v) is 5.48. The summed E-state index contributed by atoms with van der Waals surface area (Å²) in [6.45, 7) is 2.58. The third kappa shape index (κ3) is 3.20. The maximum atomic E-state index is 5.92. The van der Waals surface area contributed by atoms with Crippen molar-refractivity contribution in [3.05, 3.63) is 41.0 Å². The number of aromatic amines is 1. The second-order valence-electron chi connectivity index (χ2n) is 5.04. The summed E-state index contributed by atoms with van der Waals surface area (Å²) in [6, 6.07) is 7.78. The van der Waals surface area contributed by atoms with Crippen LogP contribution in [0.25, 0.3) is 11.3 Å². The molecule has 0 unspecified atom stereocenters. The van der Waals surface area contributed by atoms with Crippen molar-refractivity contribution >= 4 is 11.6 Å². The van der Waals surface area contributed by atoms with E-state index in [9.17, 15) is 0 Å². The molecule has 0 radical (unpaired) electrons. The molecule has 4 nitrogen and oxygen atoms in total. The van der Waals surface area contributed by atoms with Crippen LogP contribution < -0.4 is 5.32 Å². The highest BCUT2D eigenvalue weighted by Gasteiger charge is 2.15. The van der Waals surface area contributed by atoms with Crippen LogP contribution in [0, 0.1) is 0 Å². The van der Waals surface area contributed by atoms with Crippen LogP contribution in [-0.2, 0) is 11.3 Å². The number of H-pyrrole nitrogens is 1. The number of hydrogen-bond donors (Lipinski definition) is 2. The molecule has 1 atom stereocenters. The average Bonchev–Trinajstić information content (AvgIpc) is 3.11. The third-order valence-electron chi connectivity index (χ3n) is 3.56. The van der Waals surface area contributed by atoms with Crippen molar-refractivity contribution in [2.45, 2.75) is 25.5 Å². The van der Waals surface area contributed by atoms with Gasteiger partial charge in [-0.05, 0) is 30.5 Å². The fourth-order valence-electron chi connectivity index (χ4n) is 2.48. The van der Waals surface area contributed by atoms with Crippen molar-refractivity contribution in [1.82, 2.24) is 15.5 Å². The minimum Gasteiger partial charge on any atom is -0.377 e. The van der Waals surface area contributed by atoms with E-state index in [1.54, 1.807) is 0 Å². The molecule has 0 saturated carbocycles. The summed E-state index contributed by atoms with van der Waals surface area (Å²) in [6.07, 6.45) is 4.56. The summed E-state index contributed by atoms with van der Waals surface area (Å²) < 4.78 is 5.60. The summed E-state index contributed by atoms with van der Waals surface area (Å²) in [7, 11) is 0. The fraction of sp³-hybridized carbons (Fsp3) is 0.400. The number of rotatable bonds is 5. The number of aromatic nitrogens is 2. The van der Waals surface area contributed by atoms with E-state index >= 15 is 0 Å². The number of benzene rings is 1. The van der Waals surface area contributed by atoms with Gasteiger partial charge in [0.15, 0.2) is 0 Å². The van der Waals surface area contributed by atoms with Gasteiger partial charge in [-0.3, -0.25) is 5.10 Å². The molecule has 1 aromatic heterocycles. The predicted molar refractivity (Wildman–Crippen MR) is 79.7 cm³/mol. The summed E-state index contributed by atoms with van der Waals surface area (Å²) >= 11 is 5.92. The van der Waals surface area contributed by atoms with E-state index in [1.807, 2.05) is 30.5 Å². The van der Waals surface area contributed by atoms with Crippen molar-refractivity contribution in [1.29, 1.82) is 0 Å². The number of halogens is 1. The number of nitrogens with one attached hydrogen (secondary N) is 2. The van der Waals surface area contributed by atoms with Gasteiger partial charge in [-0.2, -0.15) is 5.10 Å². The first-order valence-electron chi connectivity index (χ1n) is 6.93. The van der Waals surface area contributed by atoms with Gasteiger partial charge in [-0.1, -0.05) is 23.7 Å². The highest BCUT2D eigenvalue weighted by molar-refractivity contribution is 6.30. The minimum absolute atomic E-state index is 0.362. The zero-order valence-electron chi connectivity index (χ0n) is 11.2. The van der Waals surface area contributed by atoms with Crippen molar-refractivity contribution in [3.8, 4) is 11.3 Å². The summed E-state index contributed by atoms with van der Waals surface area (Å²) in [5.74, 6) is 0. The molecule has 2 heterocycles. The Bertz CT molecular complexity index is 547. The predicted octanol–water partition coefficient (Wildman–Crippen LogP) is 3.00. The van der Waals surface area contributed by atoms with Crippen LogP contribution in [-0.4, -0.2) is 29.5 Å². The van der Waals surface area contributed by atoms with Crippen LogP contribution >= 0.6 is 11.6 Å². The Hall–Kier alpha value is -1.36. The number of nitrogens with zero attached hydrogens (tertiary/aromatic N) is 1. The molecule has 1 aromatic carbocycles. The van der Waals surface area contributed by atoms with Crippen LogP contribution in [0.3, 0.4) is 0 Å². The highest BCUT2D eigenvalue weighted by atomic mass is 35.5. The molecule has 3 rings (SSSR count). The largest absolute Gasteiger partial charge is 0.377 e. The van der Waals surface area contributed by atoms with E-state index < -0.39 is 0 Å². The molecule has 1 saturated heterocycles. The van der Waals surface area contributed by atoms with Gasteiger partial charge in [0.25, 0.3) is 0 Å². The molecule has 2 N–H and O–H groups in total. The Morgan fingerprint density at radius 2 is 2.20 bits per heavy atom. The topological polar surface area (TPSA) is 49.9 Å². The quantitative estimate of drug-likeness (QED) is 0.890. The fourth-order valence-corrected chi connectivity index (χ4v) is 2.61. The number of ether oxygens (including phenoxy) is 1. The normalized spacial score (nSPS) is 18.6. The first-order valence-corrected chi connectivity index (χ1v) is 7.31. The zero-order valence-corrected chi connectivity index (χ0v) is 12.0. The molecule has 1 fully saturated rings. The molecular weight excluding hydrogens is 274 g/mol. The summed E-state index contributed by atoms with van der Waals surface area (Å²) in [4.78, 5) is 0. The lowest BCUT2D eigenvalue weighted by Gasteiger charge is -2.10. The van der Waals surface area contributed by atoms with Gasteiger partial charge >= 0.3 is 0 Å². The van der Waals surface area contributed by atoms with E-state index in [4.69, 9.17) is 16.3 Å². The molecule has 1 aliphatic heterocycles. The lowest BCUT2D eigenvalue weighted by molar-refractivity contribution is 0.110. The molecule has 0 amide bonds. The lowest BCUT2D eigenvalue weighted by Crippen LogP contribution is -2.25. The van der Waals surface area contributed by atoms with Crippen LogP contribution in [0.1, 0.15) is 18.4 Å². The van der Waals surface area contributed by atoms with Gasteiger partial charge in [-0.25, -0.2) is 0 Å². The summed E-state index contributed by atoms with van der Waals surface area (Å²) in [5.41, 5.74) is 3.30. The Labute approximate surface area is 123 Å². The molecule has 5 heteroatoms. The second kappa shape index (κ2) is 6.39. The first-order chi connectivity index (χ1) is 9.83. The van der Waals surface area contributed by atoms with E-state index in [2.05, 4.69) is 15.5 Å². The van der Waals surface area contributed by atoms with E-state index in [0.717, 1.165) is 48.0 Å². The van der Waals surface area contributed by atoms with Gasteiger partial charge in [-0.15, -0.1) is 0 Å². The molecule has 20 heavy (non-hydrogen) atoms. The Balaban J connectivity index is 1.62. The molecule has 2 aromatic rings. The standard InChI is InChI=1S/C15H18ClN3O/c16-13-5-3-11(4-6-13)15-12(9-18-19-15)8-17-10-14-2-1-7-20-14/h3-6,9,14,17H,1-2,7-8,10H2,(H,18,19)/t14-/m0/s1. The monoisotopic (exact) mass is 291 g/mol. The average molecular weight is 292 g/mol. The maximum Gasteiger partial charge on any atom is 0.0700 e. The van der Waals surface area contributed by atoms with Gasteiger partial charge in [0.1, 0.15) is 0 Å². The van der Waals surface area contributed by atoms with Gasteiger partial charge < -0.3 is 10.1 Å². The molecule has 1 aliphatic rings. The van der Waals surface area contributed by atoms with Crippen LogP contribution in [0.5, 0.6) is 0 Å². The zero-order chi connectivity index (χ0) is 13.8. The summed E-state index contributed by atoms with van der Waals surface area (Å²) in [5, 5.41) is 11.4. The van der Waals surface area contributed by atoms with Crippen molar-refractivity contribution in [2.75, 3.05) is 13.2 Å². The molecule has 0 spiro atoms. The number of hydrogen-bond acceptors (Lipinski definition) is 3. The molecular formula is C15H18ClN3O. The maximum absolute atomic E-state index is 5.92. The molecule has 0 bridgehead atoms. The highest BCUT2D eigenvalue weighted by Crippen LogP contribution is 2.22. The smallest absolute Gasteiger partial charge is 0.0700 e. The Morgan fingerprint density at radius 1 is 1.35 bits per heavy atom. The lowest BCUT2D eigenvalue weighted by atomic mass is 10.1. The van der Waals surface area contributed by atoms with Crippen LogP contribution in [0.2, 0.25) is 5.02 Å². The van der Waals surface area contributed by atoms with E-state index in [0.29, 0.717) is 6.10 Å². The molecule has 106 valence electrons. The van der Waals surface area contributed by atoms with Gasteiger partial charge in [0.2, 0.25) is 0 Å². The Kier molecular flexibility index (Phi) is 4.35. The molecule has 0 aliphatic carbocycles. The van der Waals surface area contributed by atoms with Gasteiger partial charge in [0, 0.05) is 30.3 Å². The van der Waals surface area contributed by atoms with E-state index in [-0.39, 0.29) is 0 Å². The van der Waals surface area contributed by atoms with Crippen LogP contribution in [0.15, 0.2) is 30.5 Å². The van der Waals surface area contributed by atoms with Crippen molar-refractivity contribution < 1.29 is 4.74 Å². The van der Waals surface area contributed by atoms with Crippen LogP contribution in [0.4, 0.5) is 0 Å². The Morgan fingerprint density at radius 3 is 2.95 bits per heavy atom. The first kappa shape index (κ1) is 13.6. The van der Waals surface area contributed by atoms with Crippen molar-refractivity contribution in [2.24, 2.45) is 0 Å². The van der Waals surface area contributed by atoms with Gasteiger partial charge in [0.05, 0.1) is 18.0 Å². The third-order valence-corrected chi connectivity index (χ3v) is 3.81. The van der Waals surface area contributed by atoms with Crippen molar-refractivity contribution in [3.63, 3.8) is 0 Å². The minimum atomic E-state index is 0.362. The SMILES string of the molecule is Clc1ccc(-c2[nH]ncc2CNC[C@@H]2CCCO2)cc1. The van der Waals surface area contributed by atoms with E-state index in [1.165, 1.54) is 6.42 Å².